The van der Waals surface area contributed by atoms with Gasteiger partial charge in [-0.1, -0.05) is 29.8 Å². The van der Waals surface area contributed by atoms with Gasteiger partial charge in [0.25, 0.3) is 0 Å². The lowest BCUT2D eigenvalue weighted by Crippen LogP contribution is -1.96. The van der Waals surface area contributed by atoms with E-state index < -0.39 is 5.97 Å². The van der Waals surface area contributed by atoms with Gasteiger partial charge in [0.2, 0.25) is 0 Å². The van der Waals surface area contributed by atoms with Crippen molar-refractivity contribution in [1.29, 1.82) is 0 Å². The average Bonchev–Trinajstić information content (AvgIpc) is 2.39. The van der Waals surface area contributed by atoms with Crippen molar-refractivity contribution in [1.82, 2.24) is 0 Å². The van der Waals surface area contributed by atoms with Crippen LogP contribution in [-0.4, -0.2) is 17.3 Å². The Balaban J connectivity index is 2.01. The van der Waals surface area contributed by atoms with Gasteiger partial charge in [0.15, 0.2) is 0 Å². The Kier molecular flexibility index (Phi) is 4.15. The predicted octanol–water partition coefficient (Wildman–Crippen LogP) is 3.48. The molecule has 19 heavy (non-hydrogen) atoms. The van der Waals surface area contributed by atoms with Crippen LogP contribution in [0.5, 0.6) is 0 Å². The molecule has 5 heteroatoms. The number of hydrogen-bond acceptors (Lipinski definition) is 3. The van der Waals surface area contributed by atoms with E-state index in [-0.39, 0.29) is 5.56 Å². The van der Waals surface area contributed by atoms with Crippen LogP contribution in [0.2, 0.25) is 5.02 Å². The van der Waals surface area contributed by atoms with Gasteiger partial charge in [-0.05, 0) is 35.9 Å². The lowest BCUT2D eigenvalue weighted by Gasteiger charge is -2.00. The molecule has 0 amide bonds. The van der Waals surface area contributed by atoms with Crippen LogP contribution in [0.25, 0.3) is 0 Å². The van der Waals surface area contributed by atoms with E-state index in [9.17, 15) is 4.79 Å². The van der Waals surface area contributed by atoms with Gasteiger partial charge in [-0.2, -0.15) is 5.10 Å². The molecule has 4 nitrogen and oxygen atoms in total. The first-order valence-electron chi connectivity index (χ1n) is 5.53. The Bertz CT molecular complexity index is 609. The fourth-order valence-corrected chi connectivity index (χ4v) is 1.64. The van der Waals surface area contributed by atoms with Gasteiger partial charge in [-0.3, -0.25) is 5.43 Å². The molecule has 0 aliphatic rings. The number of carboxylic acids is 1. The third kappa shape index (κ3) is 3.82. The van der Waals surface area contributed by atoms with E-state index in [1.807, 2.05) is 12.1 Å². The van der Waals surface area contributed by atoms with Crippen LogP contribution in [0.3, 0.4) is 0 Å². The highest BCUT2D eigenvalue weighted by Gasteiger charge is 2.00. The molecular formula is C14H11ClN2O2. The van der Waals surface area contributed by atoms with E-state index in [0.29, 0.717) is 5.02 Å². The molecule has 0 atom stereocenters. The van der Waals surface area contributed by atoms with Gasteiger partial charge in [0.05, 0.1) is 17.5 Å². The van der Waals surface area contributed by atoms with Crippen molar-refractivity contribution in [3.63, 3.8) is 0 Å². The van der Waals surface area contributed by atoms with Crippen molar-refractivity contribution in [3.8, 4) is 0 Å². The molecule has 2 aromatic rings. The van der Waals surface area contributed by atoms with Crippen LogP contribution in [0.4, 0.5) is 5.69 Å². The number of aromatic carboxylic acids is 1. The SMILES string of the molecule is O=C(O)c1ccc(/C=N/Nc2cccc(Cl)c2)cc1. The standard InChI is InChI=1S/C14H11ClN2O2/c15-12-2-1-3-13(8-12)17-16-9-10-4-6-11(7-5-10)14(18)19/h1-9,17H,(H,18,19)/b16-9+. The lowest BCUT2D eigenvalue weighted by atomic mass is 10.1. The molecule has 2 rings (SSSR count). The van der Waals surface area contributed by atoms with Gasteiger partial charge in [-0.25, -0.2) is 4.79 Å². The highest BCUT2D eigenvalue weighted by molar-refractivity contribution is 6.30. The number of halogens is 1. The molecule has 0 bridgehead atoms. The maximum absolute atomic E-state index is 10.7. The van der Waals surface area contributed by atoms with Crippen molar-refractivity contribution in [2.45, 2.75) is 0 Å². The average molecular weight is 275 g/mol. The summed E-state index contributed by atoms with van der Waals surface area (Å²) in [5.74, 6) is -0.944. The van der Waals surface area contributed by atoms with Crippen LogP contribution in [0.15, 0.2) is 53.6 Å². The third-order valence-corrected chi connectivity index (χ3v) is 2.62. The van der Waals surface area contributed by atoms with Crippen molar-refractivity contribution in [2.75, 3.05) is 5.43 Å². The van der Waals surface area contributed by atoms with Crippen molar-refractivity contribution in [2.24, 2.45) is 5.10 Å². The zero-order valence-electron chi connectivity index (χ0n) is 9.88. The van der Waals surface area contributed by atoms with Crippen LogP contribution >= 0.6 is 11.6 Å². The highest BCUT2D eigenvalue weighted by atomic mass is 35.5. The monoisotopic (exact) mass is 274 g/mol. The fraction of sp³-hybridized carbons (Fsp3) is 0. The molecule has 0 saturated heterocycles. The quantitative estimate of drug-likeness (QED) is 0.663. The van der Waals surface area contributed by atoms with Crippen molar-refractivity contribution >= 4 is 29.5 Å². The molecule has 96 valence electrons. The lowest BCUT2D eigenvalue weighted by molar-refractivity contribution is 0.0697. The molecule has 0 unspecified atom stereocenters. The normalized spacial score (nSPS) is 10.6. The maximum Gasteiger partial charge on any atom is 0.335 e. The molecule has 0 heterocycles. The maximum atomic E-state index is 10.7. The Morgan fingerprint density at radius 2 is 1.95 bits per heavy atom. The molecule has 0 aromatic heterocycles. The summed E-state index contributed by atoms with van der Waals surface area (Å²) in [5.41, 5.74) is 4.68. The first kappa shape index (κ1) is 13.1. The number of hydrazone groups is 1. The van der Waals surface area contributed by atoms with E-state index >= 15 is 0 Å². The van der Waals surface area contributed by atoms with Gasteiger partial charge < -0.3 is 5.11 Å². The van der Waals surface area contributed by atoms with Crippen LogP contribution in [-0.2, 0) is 0 Å². The van der Waals surface area contributed by atoms with E-state index in [4.69, 9.17) is 16.7 Å². The van der Waals surface area contributed by atoms with Crippen LogP contribution in [0, 0.1) is 0 Å². The van der Waals surface area contributed by atoms with Gasteiger partial charge >= 0.3 is 5.97 Å². The fourth-order valence-electron chi connectivity index (χ4n) is 1.45. The van der Waals surface area contributed by atoms with Gasteiger partial charge in [-0.15, -0.1) is 0 Å². The number of carbonyl (C=O) groups is 1. The van der Waals surface area contributed by atoms with E-state index in [1.54, 1.807) is 30.5 Å². The van der Waals surface area contributed by atoms with Gasteiger partial charge in [0, 0.05) is 5.02 Å². The molecule has 0 fully saturated rings. The minimum absolute atomic E-state index is 0.250. The number of nitrogens with zero attached hydrogens (tertiary/aromatic N) is 1. The zero-order valence-corrected chi connectivity index (χ0v) is 10.6. The molecule has 0 aliphatic carbocycles. The van der Waals surface area contributed by atoms with E-state index in [1.165, 1.54) is 12.1 Å². The number of carboxylic acid groups (broad SMARTS) is 1. The summed E-state index contributed by atoms with van der Waals surface area (Å²) in [4.78, 5) is 10.7. The number of anilines is 1. The summed E-state index contributed by atoms with van der Waals surface area (Å²) in [6.07, 6.45) is 1.60. The van der Waals surface area contributed by atoms with Crippen LogP contribution < -0.4 is 5.43 Å². The Morgan fingerprint density at radius 1 is 1.21 bits per heavy atom. The number of rotatable bonds is 4. The second kappa shape index (κ2) is 6.02. The smallest absolute Gasteiger partial charge is 0.335 e. The highest BCUT2D eigenvalue weighted by Crippen LogP contribution is 2.14. The van der Waals surface area contributed by atoms with Gasteiger partial charge in [0.1, 0.15) is 0 Å². The summed E-state index contributed by atoms with van der Waals surface area (Å²) in [6.45, 7) is 0. The summed E-state index contributed by atoms with van der Waals surface area (Å²) in [5, 5.41) is 13.4. The number of nitrogens with one attached hydrogen (secondary N) is 1. The predicted molar refractivity (Wildman–Crippen MR) is 76.1 cm³/mol. The second-order valence-corrected chi connectivity index (χ2v) is 4.24. The summed E-state index contributed by atoms with van der Waals surface area (Å²) >= 11 is 5.84. The second-order valence-electron chi connectivity index (χ2n) is 3.81. The first-order chi connectivity index (χ1) is 9.15. The largest absolute Gasteiger partial charge is 0.478 e. The molecule has 2 aromatic carbocycles. The summed E-state index contributed by atoms with van der Waals surface area (Å²) < 4.78 is 0. The Morgan fingerprint density at radius 3 is 2.58 bits per heavy atom. The Hall–Kier alpha value is -2.33. The summed E-state index contributed by atoms with van der Waals surface area (Å²) in [6, 6.07) is 13.6. The molecule has 0 aliphatic heterocycles. The minimum Gasteiger partial charge on any atom is -0.478 e. The van der Waals surface area contributed by atoms with Crippen molar-refractivity contribution in [3.05, 3.63) is 64.7 Å². The molecule has 2 N–H and O–H groups in total. The number of hydrogen-bond donors (Lipinski definition) is 2. The summed E-state index contributed by atoms with van der Waals surface area (Å²) in [7, 11) is 0. The van der Waals surface area contributed by atoms with Crippen LogP contribution in [0.1, 0.15) is 15.9 Å². The molecule has 0 saturated carbocycles. The third-order valence-electron chi connectivity index (χ3n) is 2.39. The topological polar surface area (TPSA) is 61.7 Å². The van der Waals surface area contributed by atoms with E-state index in [2.05, 4.69) is 10.5 Å². The van der Waals surface area contributed by atoms with Crippen molar-refractivity contribution < 1.29 is 9.90 Å². The molecule has 0 spiro atoms. The minimum atomic E-state index is -0.944. The first-order valence-corrected chi connectivity index (χ1v) is 5.91. The molecule has 0 radical (unpaired) electrons. The molecular weight excluding hydrogens is 264 g/mol. The van der Waals surface area contributed by atoms with E-state index in [0.717, 1.165) is 11.3 Å². The number of benzene rings is 2. The zero-order chi connectivity index (χ0) is 13.7. The Labute approximate surface area is 115 Å².